The van der Waals surface area contributed by atoms with Crippen molar-refractivity contribution in [3.63, 3.8) is 0 Å². The number of carbonyl (C=O) groups excluding carboxylic acids is 1. The molecule has 0 saturated heterocycles. The number of rotatable bonds is 2. The lowest BCUT2D eigenvalue weighted by molar-refractivity contribution is 0.0789. The van der Waals surface area contributed by atoms with E-state index in [4.69, 9.17) is 6.42 Å². The second kappa shape index (κ2) is 5.40. The molecule has 0 radical (unpaired) electrons. The molecule has 0 aliphatic carbocycles. The van der Waals surface area contributed by atoms with Crippen LogP contribution in [0.25, 0.3) is 0 Å². The van der Waals surface area contributed by atoms with Gasteiger partial charge in [0.25, 0.3) is 0 Å². The summed E-state index contributed by atoms with van der Waals surface area (Å²) < 4.78 is 8.67. The van der Waals surface area contributed by atoms with Gasteiger partial charge >= 0.3 is 6.16 Å². The second-order valence-corrected chi connectivity index (χ2v) is 1.39. The molecule has 9 heavy (non-hydrogen) atoms. The zero-order valence-electron chi connectivity index (χ0n) is 4.79. The standard InChI is InChI=1S/C5H7O3P/c1-2-3-7-5(6)8-4-9/h1H,3-4,9H2. The lowest BCUT2D eigenvalue weighted by Crippen LogP contribution is -2.05. The molecule has 3 nitrogen and oxygen atoms in total. The molecule has 4 heteroatoms. The zero-order valence-corrected chi connectivity index (χ0v) is 5.95. The SMILES string of the molecule is C#CCOC(=O)OCP. The van der Waals surface area contributed by atoms with Crippen LogP contribution in [0.2, 0.25) is 0 Å². The van der Waals surface area contributed by atoms with Crippen molar-refractivity contribution < 1.29 is 14.3 Å². The van der Waals surface area contributed by atoms with Crippen LogP contribution in [0.5, 0.6) is 0 Å². The Balaban J connectivity index is 3.19. The van der Waals surface area contributed by atoms with Crippen molar-refractivity contribution in [1.29, 1.82) is 0 Å². The molecule has 0 aliphatic rings. The van der Waals surface area contributed by atoms with Crippen LogP contribution < -0.4 is 0 Å². The Kier molecular flexibility index (Phi) is 4.95. The first-order valence-corrected chi connectivity index (χ1v) is 3.06. The minimum Gasteiger partial charge on any atom is -0.430 e. The van der Waals surface area contributed by atoms with Crippen LogP contribution in [-0.2, 0) is 9.47 Å². The number of hydrogen-bond acceptors (Lipinski definition) is 3. The molecule has 0 heterocycles. The third kappa shape index (κ3) is 5.13. The van der Waals surface area contributed by atoms with Gasteiger partial charge in [-0.05, 0) is 0 Å². The molecule has 50 valence electrons. The summed E-state index contributed by atoms with van der Waals surface area (Å²) in [5.74, 6) is 2.13. The third-order valence-corrected chi connectivity index (χ3v) is 0.641. The van der Waals surface area contributed by atoms with E-state index in [9.17, 15) is 4.79 Å². The molecule has 0 N–H and O–H groups in total. The average Bonchev–Trinajstić information content (AvgIpc) is 1.85. The van der Waals surface area contributed by atoms with E-state index in [2.05, 4.69) is 24.6 Å². The minimum absolute atomic E-state index is 0.0382. The van der Waals surface area contributed by atoms with Gasteiger partial charge in [0.1, 0.15) is 6.35 Å². The Bertz CT molecular complexity index is 127. The molecule has 0 fully saturated rings. The summed E-state index contributed by atoms with van der Waals surface area (Å²) in [7, 11) is 2.21. The van der Waals surface area contributed by atoms with Crippen LogP contribution in [0, 0.1) is 12.3 Å². The van der Waals surface area contributed by atoms with Gasteiger partial charge in [-0.1, -0.05) is 15.2 Å². The highest BCUT2D eigenvalue weighted by Gasteiger charge is 1.97. The van der Waals surface area contributed by atoms with Gasteiger partial charge in [-0.2, -0.15) is 0 Å². The molecule has 0 saturated carbocycles. The fourth-order valence-corrected chi connectivity index (χ4v) is 0.346. The molecule has 0 bridgehead atoms. The highest BCUT2D eigenvalue weighted by molar-refractivity contribution is 7.16. The number of ether oxygens (including phenoxy) is 2. The summed E-state index contributed by atoms with van der Waals surface area (Å²) in [5.41, 5.74) is 0. The van der Waals surface area contributed by atoms with E-state index in [1.54, 1.807) is 0 Å². The van der Waals surface area contributed by atoms with Crippen molar-refractivity contribution >= 4 is 15.4 Å². The largest absolute Gasteiger partial charge is 0.509 e. The number of carbonyl (C=O) groups is 1. The smallest absolute Gasteiger partial charge is 0.430 e. The van der Waals surface area contributed by atoms with E-state index in [1.807, 2.05) is 0 Å². The van der Waals surface area contributed by atoms with Gasteiger partial charge in [-0.3, -0.25) is 0 Å². The van der Waals surface area contributed by atoms with Crippen molar-refractivity contribution in [2.75, 3.05) is 13.0 Å². The molecule has 0 spiro atoms. The summed E-state index contributed by atoms with van der Waals surface area (Å²) >= 11 is 0. The van der Waals surface area contributed by atoms with Crippen molar-refractivity contribution in [1.82, 2.24) is 0 Å². The van der Waals surface area contributed by atoms with E-state index >= 15 is 0 Å². The van der Waals surface area contributed by atoms with E-state index in [0.717, 1.165) is 0 Å². The van der Waals surface area contributed by atoms with Gasteiger partial charge in [0.15, 0.2) is 6.61 Å². The van der Waals surface area contributed by atoms with Gasteiger partial charge < -0.3 is 9.47 Å². The Morgan fingerprint density at radius 3 is 2.78 bits per heavy atom. The Hall–Kier alpha value is -0.740. The molecule has 0 rings (SSSR count). The first kappa shape index (κ1) is 8.26. The summed E-state index contributed by atoms with van der Waals surface area (Å²) in [6.07, 6.45) is 4.28. The van der Waals surface area contributed by atoms with Gasteiger partial charge in [0.2, 0.25) is 0 Å². The van der Waals surface area contributed by atoms with Crippen LogP contribution >= 0.6 is 9.24 Å². The molecular weight excluding hydrogens is 139 g/mol. The van der Waals surface area contributed by atoms with Crippen LogP contribution in [-0.4, -0.2) is 19.1 Å². The normalized spacial score (nSPS) is 7.56. The van der Waals surface area contributed by atoms with Crippen molar-refractivity contribution in [2.45, 2.75) is 0 Å². The predicted octanol–water partition coefficient (Wildman–Crippen LogP) is 0.605. The molecule has 1 atom stereocenters. The van der Waals surface area contributed by atoms with Crippen LogP contribution in [0.3, 0.4) is 0 Å². The molecular formula is C5H7O3P. The molecule has 0 aliphatic heterocycles. The third-order valence-electron chi connectivity index (χ3n) is 0.475. The fourth-order valence-electron chi connectivity index (χ4n) is 0.210. The van der Waals surface area contributed by atoms with Gasteiger partial charge in [0, 0.05) is 0 Å². The molecule has 0 aromatic rings. The number of terminal acetylenes is 1. The topological polar surface area (TPSA) is 35.5 Å². The quantitative estimate of drug-likeness (QED) is 0.325. The Labute approximate surface area is 55.9 Å². The molecule has 1 unspecified atom stereocenters. The average molecular weight is 146 g/mol. The van der Waals surface area contributed by atoms with Crippen LogP contribution in [0.15, 0.2) is 0 Å². The lowest BCUT2D eigenvalue weighted by atomic mass is 10.8. The highest BCUT2D eigenvalue weighted by atomic mass is 31.0. The maximum atomic E-state index is 10.2. The lowest BCUT2D eigenvalue weighted by Gasteiger charge is -1.98. The fraction of sp³-hybridized carbons (Fsp3) is 0.400. The van der Waals surface area contributed by atoms with Crippen molar-refractivity contribution in [3.05, 3.63) is 0 Å². The van der Waals surface area contributed by atoms with Gasteiger partial charge in [0.05, 0.1) is 0 Å². The molecule has 0 aromatic heterocycles. The van der Waals surface area contributed by atoms with Crippen molar-refractivity contribution in [2.24, 2.45) is 0 Å². The number of hydrogen-bond donors (Lipinski definition) is 0. The summed E-state index contributed by atoms with van der Waals surface area (Å²) in [6, 6.07) is 0. The van der Waals surface area contributed by atoms with Crippen molar-refractivity contribution in [3.8, 4) is 12.3 Å². The summed E-state index contributed by atoms with van der Waals surface area (Å²) in [5, 5.41) is 0. The van der Waals surface area contributed by atoms with E-state index in [1.165, 1.54) is 0 Å². The first-order chi connectivity index (χ1) is 4.31. The van der Waals surface area contributed by atoms with E-state index in [0.29, 0.717) is 0 Å². The van der Waals surface area contributed by atoms with E-state index < -0.39 is 6.16 Å². The molecule has 0 aromatic carbocycles. The summed E-state index contributed by atoms with van der Waals surface area (Å²) in [6.45, 7) is -0.0382. The second-order valence-electron chi connectivity index (χ2n) is 1.05. The van der Waals surface area contributed by atoms with Crippen LogP contribution in [0.4, 0.5) is 4.79 Å². The van der Waals surface area contributed by atoms with Gasteiger partial charge in [-0.15, -0.1) is 6.42 Å². The van der Waals surface area contributed by atoms with Crippen LogP contribution in [0.1, 0.15) is 0 Å². The highest BCUT2D eigenvalue weighted by Crippen LogP contribution is 1.87. The predicted molar refractivity (Wildman–Crippen MR) is 35.8 cm³/mol. The first-order valence-electron chi connectivity index (χ1n) is 2.24. The Morgan fingerprint density at radius 1 is 1.67 bits per heavy atom. The zero-order chi connectivity index (χ0) is 7.11. The van der Waals surface area contributed by atoms with E-state index in [-0.39, 0.29) is 13.0 Å². The molecule has 0 amide bonds. The maximum Gasteiger partial charge on any atom is 0.509 e. The monoisotopic (exact) mass is 146 g/mol. The Morgan fingerprint density at radius 2 is 2.33 bits per heavy atom. The summed E-state index contributed by atoms with van der Waals surface area (Å²) in [4.78, 5) is 10.2. The van der Waals surface area contributed by atoms with Gasteiger partial charge in [-0.25, -0.2) is 4.79 Å². The maximum absolute atomic E-state index is 10.2. The minimum atomic E-state index is -0.733.